The summed E-state index contributed by atoms with van der Waals surface area (Å²) in [6, 6.07) is 7.09. The molecule has 0 amide bonds. The van der Waals surface area contributed by atoms with E-state index in [4.69, 9.17) is 0 Å². The maximum atomic E-state index is 11.7. The third-order valence-electron chi connectivity index (χ3n) is 2.13. The van der Waals surface area contributed by atoms with Crippen LogP contribution in [0.3, 0.4) is 0 Å². The SMILES string of the molecule is C=CS(=O)(=O)c1ccccc1CC(C)C. The summed E-state index contributed by atoms with van der Waals surface area (Å²) in [6.07, 6.45) is 0.767. The first-order chi connectivity index (χ1) is 6.97. The molecule has 0 bridgehead atoms. The van der Waals surface area contributed by atoms with Crippen LogP contribution in [0.2, 0.25) is 0 Å². The molecule has 0 atom stereocenters. The van der Waals surface area contributed by atoms with E-state index in [1.54, 1.807) is 12.1 Å². The molecule has 0 spiro atoms. The Kier molecular flexibility index (Phi) is 3.69. The van der Waals surface area contributed by atoms with E-state index in [1.807, 2.05) is 12.1 Å². The lowest BCUT2D eigenvalue weighted by Gasteiger charge is -2.09. The van der Waals surface area contributed by atoms with E-state index in [2.05, 4.69) is 20.4 Å². The predicted octanol–water partition coefficient (Wildman–Crippen LogP) is 2.80. The molecule has 82 valence electrons. The summed E-state index contributed by atoms with van der Waals surface area (Å²) >= 11 is 0. The standard InChI is InChI=1S/C12H16O2S/c1-4-15(13,14)12-8-6-5-7-11(12)9-10(2)3/h4-8,10H,1,9H2,2-3H3. The third-order valence-corrected chi connectivity index (χ3v) is 3.58. The van der Waals surface area contributed by atoms with Gasteiger partial charge in [0.05, 0.1) is 4.90 Å². The Morgan fingerprint density at radius 2 is 1.93 bits per heavy atom. The van der Waals surface area contributed by atoms with Crippen molar-refractivity contribution in [3.63, 3.8) is 0 Å². The fraction of sp³-hybridized carbons (Fsp3) is 0.333. The van der Waals surface area contributed by atoms with E-state index >= 15 is 0 Å². The van der Waals surface area contributed by atoms with Gasteiger partial charge in [0, 0.05) is 5.41 Å². The molecule has 2 nitrogen and oxygen atoms in total. The summed E-state index contributed by atoms with van der Waals surface area (Å²) in [5.74, 6) is 0.436. The van der Waals surface area contributed by atoms with Crippen LogP contribution in [0, 0.1) is 5.92 Å². The number of benzene rings is 1. The lowest BCUT2D eigenvalue weighted by Crippen LogP contribution is -2.03. The van der Waals surface area contributed by atoms with Crippen molar-refractivity contribution in [1.29, 1.82) is 0 Å². The van der Waals surface area contributed by atoms with Crippen LogP contribution in [0.5, 0.6) is 0 Å². The second kappa shape index (κ2) is 4.62. The lowest BCUT2D eigenvalue weighted by molar-refractivity contribution is 0.598. The highest BCUT2D eigenvalue weighted by Crippen LogP contribution is 2.20. The van der Waals surface area contributed by atoms with Crippen molar-refractivity contribution < 1.29 is 8.42 Å². The Balaban J connectivity index is 3.24. The fourth-order valence-electron chi connectivity index (χ4n) is 1.48. The summed E-state index contributed by atoms with van der Waals surface area (Å²) in [5, 5.41) is 1.01. The molecule has 0 heterocycles. The Hall–Kier alpha value is -1.09. The third kappa shape index (κ3) is 2.93. The number of hydrogen-bond donors (Lipinski definition) is 0. The minimum Gasteiger partial charge on any atom is -0.219 e. The molecule has 0 saturated heterocycles. The van der Waals surface area contributed by atoms with Crippen LogP contribution >= 0.6 is 0 Å². The summed E-state index contributed by atoms with van der Waals surface area (Å²) in [7, 11) is -3.31. The molecule has 3 heteroatoms. The van der Waals surface area contributed by atoms with Crippen molar-refractivity contribution in [3.8, 4) is 0 Å². The molecule has 0 aliphatic rings. The van der Waals surface area contributed by atoms with E-state index in [1.165, 1.54) is 0 Å². The highest BCUT2D eigenvalue weighted by molar-refractivity contribution is 7.94. The topological polar surface area (TPSA) is 34.1 Å². The molecule has 0 fully saturated rings. The largest absolute Gasteiger partial charge is 0.219 e. The minimum atomic E-state index is -3.31. The average molecular weight is 224 g/mol. The number of rotatable bonds is 4. The first-order valence-corrected chi connectivity index (χ1v) is 6.47. The summed E-state index contributed by atoms with van der Waals surface area (Å²) in [4.78, 5) is 0.383. The van der Waals surface area contributed by atoms with Crippen LogP contribution in [-0.2, 0) is 16.3 Å². The van der Waals surface area contributed by atoms with Gasteiger partial charge in [-0.15, -0.1) is 0 Å². The monoisotopic (exact) mass is 224 g/mol. The molecule has 0 saturated carbocycles. The first kappa shape index (κ1) is 12.0. The second-order valence-corrected chi connectivity index (χ2v) is 5.78. The lowest BCUT2D eigenvalue weighted by atomic mass is 10.0. The molecule has 15 heavy (non-hydrogen) atoms. The molecule has 0 aliphatic heterocycles. The van der Waals surface area contributed by atoms with E-state index in [9.17, 15) is 8.42 Å². The molecule has 0 radical (unpaired) electrons. The van der Waals surface area contributed by atoms with Crippen molar-refractivity contribution in [2.75, 3.05) is 0 Å². The second-order valence-electron chi connectivity index (χ2n) is 3.92. The van der Waals surface area contributed by atoms with Gasteiger partial charge in [-0.2, -0.15) is 0 Å². The van der Waals surface area contributed by atoms with Gasteiger partial charge in [-0.1, -0.05) is 38.6 Å². The predicted molar refractivity (Wildman–Crippen MR) is 62.4 cm³/mol. The van der Waals surface area contributed by atoms with Crippen molar-refractivity contribution in [3.05, 3.63) is 41.8 Å². The number of hydrogen-bond acceptors (Lipinski definition) is 2. The van der Waals surface area contributed by atoms with Crippen LogP contribution in [0.1, 0.15) is 19.4 Å². The van der Waals surface area contributed by atoms with Gasteiger partial charge in [0.1, 0.15) is 0 Å². The van der Waals surface area contributed by atoms with Crippen molar-refractivity contribution in [1.82, 2.24) is 0 Å². The minimum absolute atomic E-state index is 0.383. The maximum Gasteiger partial charge on any atom is 0.199 e. The van der Waals surface area contributed by atoms with Gasteiger partial charge in [0.15, 0.2) is 9.84 Å². The van der Waals surface area contributed by atoms with E-state index < -0.39 is 9.84 Å². The molecule has 0 unspecified atom stereocenters. The fourth-order valence-corrected chi connectivity index (χ4v) is 2.44. The number of sulfone groups is 1. The van der Waals surface area contributed by atoms with Crippen LogP contribution < -0.4 is 0 Å². The van der Waals surface area contributed by atoms with Gasteiger partial charge < -0.3 is 0 Å². The summed E-state index contributed by atoms with van der Waals surface area (Å²) in [6.45, 7) is 7.47. The highest BCUT2D eigenvalue weighted by atomic mass is 32.2. The van der Waals surface area contributed by atoms with E-state index in [0.29, 0.717) is 10.8 Å². The molecule has 1 rings (SSSR count). The van der Waals surface area contributed by atoms with Crippen LogP contribution in [0.4, 0.5) is 0 Å². The molecule has 0 aliphatic carbocycles. The van der Waals surface area contributed by atoms with Crippen LogP contribution in [0.15, 0.2) is 41.1 Å². The van der Waals surface area contributed by atoms with E-state index in [0.717, 1.165) is 17.4 Å². The molecular weight excluding hydrogens is 208 g/mol. The van der Waals surface area contributed by atoms with Crippen molar-refractivity contribution in [2.45, 2.75) is 25.2 Å². The van der Waals surface area contributed by atoms with Gasteiger partial charge in [-0.3, -0.25) is 0 Å². The molecular formula is C12H16O2S. The van der Waals surface area contributed by atoms with E-state index in [-0.39, 0.29) is 0 Å². The molecule has 1 aromatic carbocycles. The summed E-state index contributed by atoms with van der Waals surface area (Å²) in [5.41, 5.74) is 0.868. The van der Waals surface area contributed by atoms with Gasteiger partial charge in [-0.05, 0) is 24.0 Å². The summed E-state index contributed by atoms with van der Waals surface area (Å²) < 4.78 is 23.4. The zero-order valence-corrected chi connectivity index (χ0v) is 9.92. The zero-order valence-electron chi connectivity index (χ0n) is 9.10. The zero-order chi connectivity index (χ0) is 11.5. The Labute approximate surface area is 91.6 Å². The Morgan fingerprint density at radius 3 is 2.47 bits per heavy atom. The van der Waals surface area contributed by atoms with Crippen molar-refractivity contribution >= 4 is 9.84 Å². The first-order valence-electron chi connectivity index (χ1n) is 4.93. The smallest absolute Gasteiger partial charge is 0.199 e. The van der Waals surface area contributed by atoms with Gasteiger partial charge in [0.25, 0.3) is 0 Å². The maximum absolute atomic E-state index is 11.7. The molecule has 0 N–H and O–H groups in total. The van der Waals surface area contributed by atoms with Gasteiger partial charge in [0.2, 0.25) is 0 Å². The molecule has 0 aromatic heterocycles. The van der Waals surface area contributed by atoms with Crippen molar-refractivity contribution in [2.24, 2.45) is 5.92 Å². The Bertz CT molecular complexity index is 444. The van der Waals surface area contributed by atoms with Crippen LogP contribution in [-0.4, -0.2) is 8.42 Å². The van der Waals surface area contributed by atoms with Gasteiger partial charge >= 0.3 is 0 Å². The highest BCUT2D eigenvalue weighted by Gasteiger charge is 2.14. The van der Waals surface area contributed by atoms with Gasteiger partial charge in [-0.25, -0.2) is 8.42 Å². The Morgan fingerprint density at radius 1 is 1.33 bits per heavy atom. The normalized spacial score (nSPS) is 11.7. The molecule has 1 aromatic rings. The quantitative estimate of drug-likeness (QED) is 0.788. The van der Waals surface area contributed by atoms with Crippen LogP contribution in [0.25, 0.3) is 0 Å². The average Bonchev–Trinajstić information content (AvgIpc) is 2.17.